The Labute approximate surface area is 191 Å². The molecule has 3 aliphatic heterocycles. The average Bonchev–Trinajstić information content (AvgIpc) is 3.26. The third-order valence-corrected chi connectivity index (χ3v) is 6.30. The summed E-state index contributed by atoms with van der Waals surface area (Å²) >= 11 is 0. The van der Waals surface area contributed by atoms with Crippen LogP contribution in [0.15, 0.2) is 42.5 Å². The minimum absolute atomic E-state index is 0.0534. The van der Waals surface area contributed by atoms with E-state index < -0.39 is 5.82 Å². The molecule has 0 bridgehead atoms. The fourth-order valence-corrected chi connectivity index (χ4v) is 4.31. The minimum atomic E-state index is -0.500. The van der Waals surface area contributed by atoms with Crippen molar-refractivity contribution >= 4 is 11.8 Å². The van der Waals surface area contributed by atoms with Gasteiger partial charge in [-0.05, 0) is 29.8 Å². The van der Waals surface area contributed by atoms with Crippen LogP contribution in [-0.2, 0) is 16.1 Å². The Morgan fingerprint density at radius 1 is 0.970 bits per heavy atom. The predicted octanol–water partition coefficient (Wildman–Crippen LogP) is 1.74. The molecule has 33 heavy (non-hydrogen) atoms. The highest BCUT2D eigenvalue weighted by Crippen LogP contribution is 2.33. The van der Waals surface area contributed by atoms with Gasteiger partial charge in [-0.25, -0.2) is 4.39 Å². The molecule has 3 aliphatic rings. The maximum absolute atomic E-state index is 13.6. The molecule has 0 unspecified atom stereocenters. The quantitative estimate of drug-likeness (QED) is 0.661. The number of hydrogen-bond donors (Lipinski definition) is 0. The summed E-state index contributed by atoms with van der Waals surface area (Å²) in [6, 6.07) is 12.0. The number of piperazine rings is 1. The zero-order chi connectivity index (χ0) is 22.8. The van der Waals surface area contributed by atoms with Gasteiger partial charge in [-0.1, -0.05) is 18.2 Å². The normalized spacial score (nSPS) is 18.2. The van der Waals surface area contributed by atoms with E-state index >= 15 is 0 Å². The zero-order valence-corrected chi connectivity index (χ0v) is 18.2. The van der Waals surface area contributed by atoms with Gasteiger partial charge in [0.05, 0.1) is 5.92 Å². The van der Waals surface area contributed by atoms with Crippen LogP contribution in [0.2, 0.25) is 0 Å². The number of amides is 2. The molecule has 2 amide bonds. The molecular weight excluding hydrogens is 429 g/mol. The molecule has 0 radical (unpaired) electrons. The van der Waals surface area contributed by atoms with Crippen molar-refractivity contribution in [2.24, 2.45) is 5.92 Å². The van der Waals surface area contributed by atoms with Gasteiger partial charge in [0.1, 0.15) is 0 Å². The first kappa shape index (κ1) is 21.5. The summed E-state index contributed by atoms with van der Waals surface area (Å²) in [6.45, 7) is 4.53. The molecule has 0 spiro atoms. The van der Waals surface area contributed by atoms with E-state index in [1.165, 1.54) is 12.1 Å². The molecule has 9 heteroatoms. The number of halogens is 1. The van der Waals surface area contributed by atoms with Crippen molar-refractivity contribution < 1.29 is 28.2 Å². The molecule has 0 N–H and O–H groups in total. The van der Waals surface area contributed by atoms with E-state index in [2.05, 4.69) is 4.90 Å². The summed E-state index contributed by atoms with van der Waals surface area (Å²) in [5.74, 6) is 0.790. The van der Waals surface area contributed by atoms with E-state index in [0.29, 0.717) is 26.2 Å². The monoisotopic (exact) mass is 455 g/mol. The first-order valence-electron chi connectivity index (χ1n) is 11.1. The molecule has 0 aromatic heterocycles. The number of para-hydroxylation sites is 1. The summed E-state index contributed by atoms with van der Waals surface area (Å²) in [7, 11) is 0. The van der Waals surface area contributed by atoms with Crippen LogP contribution in [-0.4, -0.2) is 79.2 Å². The van der Waals surface area contributed by atoms with Crippen LogP contribution in [0, 0.1) is 11.7 Å². The van der Waals surface area contributed by atoms with Gasteiger partial charge in [-0.2, -0.15) is 0 Å². The fourth-order valence-electron chi connectivity index (χ4n) is 4.31. The summed E-state index contributed by atoms with van der Waals surface area (Å²) < 4.78 is 29.7. The molecule has 2 aromatic rings. The Bertz CT molecular complexity index is 1030. The predicted molar refractivity (Wildman–Crippen MR) is 116 cm³/mol. The molecule has 8 nitrogen and oxygen atoms in total. The van der Waals surface area contributed by atoms with Gasteiger partial charge >= 0.3 is 0 Å². The Morgan fingerprint density at radius 2 is 1.73 bits per heavy atom. The maximum Gasteiger partial charge on any atom is 0.260 e. The molecule has 0 saturated carbocycles. The van der Waals surface area contributed by atoms with Crippen LogP contribution in [0.5, 0.6) is 17.2 Å². The van der Waals surface area contributed by atoms with Crippen LogP contribution in [0.3, 0.4) is 0 Å². The van der Waals surface area contributed by atoms with E-state index in [1.54, 1.807) is 17.0 Å². The summed E-state index contributed by atoms with van der Waals surface area (Å²) in [4.78, 5) is 30.9. The van der Waals surface area contributed by atoms with Crippen molar-refractivity contribution in [3.05, 3.63) is 53.8 Å². The molecule has 2 aromatic carbocycles. The third kappa shape index (κ3) is 4.73. The fraction of sp³-hybridized carbons (Fsp3) is 0.417. The SMILES string of the molecule is O=C(COc1ccccc1F)N1CC(C(=O)N2CCN(Cc3ccc4c(c3)OCO4)CC2)C1. The van der Waals surface area contributed by atoms with Gasteiger partial charge in [0, 0.05) is 45.8 Å². The van der Waals surface area contributed by atoms with Gasteiger partial charge in [0.15, 0.2) is 29.7 Å². The molecule has 174 valence electrons. The van der Waals surface area contributed by atoms with Gasteiger partial charge in [0.2, 0.25) is 12.7 Å². The van der Waals surface area contributed by atoms with Gasteiger partial charge in [-0.15, -0.1) is 0 Å². The zero-order valence-electron chi connectivity index (χ0n) is 18.2. The van der Waals surface area contributed by atoms with Gasteiger partial charge in [-0.3, -0.25) is 14.5 Å². The van der Waals surface area contributed by atoms with Gasteiger partial charge in [0.25, 0.3) is 5.91 Å². The minimum Gasteiger partial charge on any atom is -0.481 e. The summed E-state index contributed by atoms with van der Waals surface area (Å²) in [5.41, 5.74) is 1.16. The van der Waals surface area contributed by atoms with Crippen molar-refractivity contribution in [3.63, 3.8) is 0 Å². The van der Waals surface area contributed by atoms with E-state index in [4.69, 9.17) is 14.2 Å². The lowest BCUT2D eigenvalue weighted by molar-refractivity contribution is -0.150. The number of carbonyl (C=O) groups is 2. The molecule has 5 rings (SSSR count). The molecule has 2 fully saturated rings. The lowest BCUT2D eigenvalue weighted by Gasteiger charge is -2.42. The highest BCUT2D eigenvalue weighted by atomic mass is 19.1. The molecular formula is C24H26FN3O5. The number of nitrogens with zero attached hydrogens (tertiary/aromatic N) is 3. The lowest BCUT2D eigenvalue weighted by atomic mass is 9.98. The Hall–Kier alpha value is -3.33. The highest BCUT2D eigenvalue weighted by molar-refractivity contribution is 5.85. The second kappa shape index (κ2) is 9.27. The second-order valence-electron chi connectivity index (χ2n) is 8.50. The number of fused-ring (bicyclic) bond motifs is 1. The van der Waals surface area contributed by atoms with Crippen molar-refractivity contribution in [1.29, 1.82) is 0 Å². The van der Waals surface area contributed by atoms with Crippen LogP contribution >= 0.6 is 0 Å². The van der Waals surface area contributed by atoms with E-state index in [1.807, 2.05) is 23.1 Å². The Balaban J connectivity index is 1.04. The standard InChI is InChI=1S/C24H26FN3O5/c25-19-3-1-2-4-20(19)31-15-23(29)28-13-18(14-28)24(30)27-9-7-26(8-10-27)12-17-5-6-21-22(11-17)33-16-32-21/h1-6,11,18H,7-10,12-16H2. The molecule has 0 aliphatic carbocycles. The highest BCUT2D eigenvalue weighted by Gasteiger charge is 2.38. The summed E-state index contributed by atoms with van der Waals surface area (Å²) in [6.07, 6.45) is 0. The summed E-state index contributed by atoms with van der Waals surface area (Å²) in [5, 5.41) is 0. The first-order valence-corrected chi connectivity index (χ1v) is 11.1. The van der Waals surface area contributed by atoms with Crippen molar-refractivity contribution in [2.45, 2.75) is 6.54 Å². The number of rotatable bonds is 6. The second-order valence-corrected chi connectivity index (χ2v) is 8.50. The molecule has 0 atom stereocenters. The van der Waals surface area contributed by atoms with E-state index in [0.717, 1.165) is 36.7 Å². The lowest BCUT2D eigenvalue weighted by Crippen LogP contribution is -2.59. The van der Waals surface area contributed by atoms with E-state index in [9.17, 15) is 14.0 Å². The van der Waals surface area contributed by atoms with Crippen molar-refractivity contribution in [1.82, 2.24) is 14.7 Å². The van der Waals surface area contributed by atoms with Gasteiger partial charge < -0.3 is 24.0 Å². The average molecular weight is 455 g/mol. The number of benzene rings is 2. The largest absolute Gasteiger partial charge is 0.481 e. The Kier molecular flexibility index (Phi) is 6.04. The maximum atomic E-state index is 13.6. The molecule has 3 heterocycles. The number of carbonyl (C=O) groups excluding carboxylic acids is 2. The van der Waals surface area contributed by atoms with E-state index in [-0.39, 0.29) is 36.9 Å². The third-order valence-electron chi connectivity index (χ3n) is 6.30. The first-order chi connectivity index (χ1) is 16.1. The van der Waals surface area contributed by atoms with Crippen molar-refractivity contribution in [2.75, 3.05) is 52.7 Å². The van der Waals surface area contributed by atoms with Crippen LogP contribution < -0.4 is 14.2 Å². The Morgan fingerprint density at radius 3 is 2.52 bits per heavy atom. The smallest absolute Gasteiger partial charge is 0.260 e. The van der Waals surface area contributed by atoms with Crippen LogP contribution in [0.1, 0.15) is 5.56 Å². The number of hydrogen-bond acceptors (Lipinski definition) is 6. The number of ether oxygens (including phenoxy) is 3. The van der Waals surface area contributed by atoms with Crippen LogP contribution in [0.4, 0.5) is 4.39 Å². The topological polar surface area (TPSA) is 71.6 Å². The van der Waals surface area contributed by atoms with Crippen molar-refractivity contribution in [3.8, 4) is 17.2 Å². The van der Waals surface area contributed by atoms with Crippen LogP contribution in [0.25, 0.3) is 0 Å². The number of likely N-dealkylation sites (tertiary alicyclic amines) is 1. The molecule has 2 saturated heterocycles.